The number of thiophene rings is 1. The van der Waals surface area contributed by atoms with E-state index in [4.69, 9.17) is 4.52 Å². The lowest BCUT2D eigenvalue weighted by atomic mass is 10.1. The minimum atomic E-state index is 0. The van der Waals surface area contributed by atoms with Gasteiger partial charge in [-0.1, -0.05) is 30.8 Å². The summed E-state index contributed by atoms with van der Waals surface area (Å²) in [5.41, 5.74) is 0.953. The fraction of sp³-hybridized carbons (Fsp3) is 0.611. The van der Waals surface area contributed by atoms with Crippen molar-refractivity contribution in [3.05, 3.63) is 22.7 Å². The Kier molecular flexibility index (Phi) is 9.08. The van der Waals surface area contributed by atoms with E-state index in [0.29, 0.717) is 37.1 Å². The Morgan fingerprint density at radius 3 is 2.77 bits per heavy atom. The monoisotopic (exact) mass is 398 g/mol. The maximum atomic E-state index is 11.9. The minimum Gasteiger partial charge on any atom is -0.355 e. The van der Waals surface area contributed by atoms with Crippen LogP contribution in [0.4, 0.5) is 0 Å². The number of halogens is 1. The summed E-state index contributed by atoms with van der Waals surface area (Å²) in [6.45, 7) is 1.50. The van der Waals surface area contributed by atoms with Gasteiger partial charge in [0.2, 0.25) is 17.6 Å². The number of hydrogen-bond acceptors (Lipinski definition) is 6. The Balaban J connectivity index is 0.00000243. The third kappa shape index (κ3) is 6.70. The molecule has 0 bridgehead atoms. The molecule has 1 amide bonds. The summed E-state index contributed by atoms with van der Waals surface area (Å²) in [6, 6.07) is 2.57. The van der Waals surface area contributed by atoms with Gasteiger partial charge < -0.3 is 15.2 Å². The van der Waals surface area contributed by atoms with Crippen LogP contribution in [0.15, 0.2) is 21.3 Å². The molecule has 1 aliphatic carbocycles. The molecule has 6 nitrogen and oxygen atoms in total. The van der Waals surface area contributed by atoms with Crippen LogP contribution in [0.5, 0.6) is 0 Å². The zero-order valence-electron chi connectivity index (χ0n) is 14.9. The zero-order chi connectivity index (χ0) is 17.3. The maximum absolute atomic E-state index is 11.9. The first-order chi connectivity index (χ1) is 12.3. The van der Waals surface area contributed by atoms with Crippen molar-refractivity contribution in [2.24, 2.45) is 0 Å². The molecule has 0 atom stereocenters. The lowest BCUT2D eigenvalue weighted by Gasteiger charge is -2.16. The number of aromatic nitrogens is 2. The van der Waals surface area contributed by atoms with Gasteiger partial charge in [0.15, 0.2) is 0 Å². The van der Waals surface area contributed by atoms with Crippen molar-refractivity contribution in [1.29, 1.82) is 0 Å². The largest absolute Gasteiger partial charge is 0.355 e. The summed E-state index contributed by atoms with van der Waals surface area (Å²) in [5.74, 6) is 1.12. The van der Waals surface area contributed by atoms with Gasteiger partial charge in [-0.2, -0.15) is 16.3 Å². The summed E-state index contributed by atoms with van der Waals surface area (Å²) >= 11 is 1.59. The predicted octanol–water partition coefficient (Wildman–Crippen LogP) is 3.58. The van der Waals surface area contributed by atoms with E-state index in [1.807, 2.05) is 16.8 Å². The molecule has 2 aromatic heterocycles. The lowest BCUT2D eigenvalue weighted by Crippen LogP contribution is -2.36. The Hall–Kier alpha value is -1.44. The summed E-state index contributed by atoms with van der Waals surface area (Å²) < 4.78 is 5.21. The molecule has 0 aliphatic heterocycles. The minimum absolute atomic E-state index is 0. The van der Waals surface area contributed by atoms with Crippen molar-refractivity contribution in [3.8, 4) is 11.4 Å². The van der Waals surface area contributed by atoms with Crippen LogP contribution in [0.25, 0.3) is 11.4 Å². The van der Waals surface area contributed by atoms with E-state index in [1.165, 1.54) is 38.5 Å². The number of aryl methyl sites for hydroxylation is 1. The number of carbonyl (C=O) groups excluding carboxylic acids is 1. The molecule has 0 spiro atoms. The van der Waals surface area contributed by atoms with E-state index >= 15 is 0 Å². The van der Waals surface area contributed by atoms with Gasteiger partial charge in [0.1, 0.15) is 0 Å². The number of carbonyl (C=O) groups is 1. The van der Waals surface area contributed by atoms with Crippen molar-refractivity contribution in [2.45, 2.75) is 57.4 Å². The molecular formula is C18H27ClN4O2S. The number of rotatable bonds is 8. The summed E-state index contributed by atoms with van der Waals surface area (Å²) in [7, 11) is 0. The lowest BCUT2D eigenvalue weighted by molar-refractivity contribution is -0.121. The second-order valence-electron chi connectivity index (χ2n) is 6.52. The van der Waals surface area contributed by atoms with Crippen molar-refractivity contribution in [1.82, 2.24) is 20.8 Å². The van der Waals surface area contributed by atoms with E-state index < -0.39 is 0 Å². The highest BCUT2D eigenvalue weighted by molar-refractivity contribution is 7.08. The molecule has 1 saturated carbocycles. The van der Waals surface area contributed by atoms with Gasteiger partial charge in [0, 0.05) is 42.9 Å². The molecule has 2 N–H and O–H groups in total. The van der Waals surface area contributed by atoms with Crippen LogP contribution in [0.2, 0.25) is 0 Å². The molecule has 3 rings (SSSR count). The molecule has 8 heteroatoms. The molecule has 26 heavy (non-hydrogen) atoms. The second kappa shape index (κ2) is 11.3. The Bertz CT molecular complexity index is 639. The van der Waals surface area contributed by atoms with Crippen LogP contribution in [0, 0.1) is 0 Å². The first-order valence-electron chi connectivity index (χ1n) is 9.16. The molecule has 2 heterocycles. The van der Waals surface area contributed by atoms with Gasteiger partial charge in [-0.15, -0.1) is 12.4 Å². The van der Waals surface area contributed by atoms with E-state index in [2.05, 4.69) is 20.8 Å². The van der Waals surface area contributed by atoms with Crippen LogP contribution < -0.4 is 10.6 Å². The van der Waals surface area contributed by atoms with Crippen LogP contribution in [-0.4, -0.2) is 35.2 Å². The van der Waals surface area contributed by atoms with Gasteiger partial charge in [0.05, 0.1) is 0 Å². The molecule has 0 aromatic carbocycles. The normalized spacial score (nSPS) is 15.2. The van der Waals surface area contributed by atoms with Gasteiger partial charge in [0.25, 0.3) is 0 Å². The highest BCUT2D eigenvalue weighted by Gasteiger charge is 2.12. The Morgan fingerprint density at radius 1 is 1.23 bits per heavy atom. The molecular weight excluding hydrogens is 372 g/mol. The van der Waals surface area contributed by atoms with Crippen LogP contribution >= 0.6 is 23.7 Å². The van der Waals surface area contributed by atoms with Crippen molar-refractivity contribution >= 4 is 29.7 Å². The summed E-state index contributed by atoms with van der Waals surface area (Å²) in [6.07, 6.45) is 8.73. The first kappa shape index (κ1) is 20.9. The molecule has 0 unspecified atom stereocenters. The Labute approximate surface area is 164 Å². The molecule has 1 fully saturated rings. The second-order valence-corrected chi connectivity index (χ2v) is 7.30. The fourth-order valence-electron chi connectivity index (χ4n) is 3.14. The van der Waals surface area contributed by atoms with Gasteiger partial charge in [-0.05, 0) is 24.3 Å². The number of amides is 1. The number of hydrogen-bond donors (Lipinski definition) is 2. The predicted molar refractivity (Wildman–Crippen MR) is 106 cm³/mol. The molecule has 144 valence electrons. The Morgan fingerprint density at radius 2 is 2.04 bits per heavy atom. The maximum Gasteiger partial charge on any atom is 0.227 e. The van der Waals surface area contributed by atoms with E-state index in [-0.39, 0.29) is 18.3 Å². The third-order valence-corrected chi connectivity index (χ3v) is 5.23. The molecule has 1 aliphatic rings. The average molecular weight is 399 g/mol. The first-order valence-corrected chi connectivity index (χ1v) is 10.1. The average Bonchev–Trinajstić information content (AvgIpc) is 3.24. The highest BCUT2D eigenvalue weighted by Crippen LogP contribution is 2.19. The van der Waals surface area contributed by atoms with Gasteiger partial charge >= 0.3 is 0 Å². The molecule has 0 saturated heterocycles. The van der Waals surface area contributed by atoms with Crippen molar-refractivity contribution < 1.29 is 9.32 Å². The van der Waals surface area contributed by atoms with E-state index in [9.17, 15) is 4.79 Å². The van der Waals surface area contributed by atoms with Gasteiger partial charge in [-0.3, -0.25) is 4.79 Å². The van der Waals surface area contributed by atoms with Crippen molar-refractivity contribution in [3.63, 3.8) is 0 Å². The summed E-state index contributed by atoms with van der Waals surface area (Å²) in [4.78, 5) is 16.3. The fourth-order valence-corrected chi connectivity index (χ4v) is 3.77. The zero-order valence-corrected chi connectivity index (χ0v) is 16.5. The van der Waals surface area contributed by atoms with Crippen molar-refractivity contribution in [2.75, 3.05) is 13.1 Å². The molecule has 0 radical (unpaired) electrons. The third-order valence-electron chi connectivity index (χ3n) is 4.55. The molecule has 2 aromatic rings. The standard InChI is InChI=1S/C18H26N4O2S.ClH/c23-16(20-11-10-19-15-5-3-1-2-4-6-15)7-8-17-21-18(22-24-17)14-9-12-25-13-14;/h9,12-13,15,19H,1-8,10-11H2,(H,20,23);1H. The number of nitrogens with one attached hydrogen (secondary N) is 2. The number of nitrogens with zero attached hydrogens (tertiary/aromatic N) is 2. The smallest absolute Gasteiger partial charge is 0.227 e. The highest BCUT2D eigenvalue weighted by atomic mass is 35.5. The topological polar surface area (TPSA) is 80.0 Å². The van der Waals surface area contributed by atoms with Crippen LogP contribution in [-0.2, 0) is 11.2 Å². The van der Waals surface area contributed by atoms with E-state index in [0.717, 1.165) is 12.1 Å². The van der Waals surface area contributed by atoms with Gasteiger partial charge in [-0.25, -0.2) is 0 Å². The SMILES string of the molecule is Cl.O=C(CCc1nc(-c2ccsc2)no1)NCCNC1CCCCCC1. The van der Waals surface area contributed by atoms with Crippen LogP contribution in [0.1, 0.15) is 50.8 Å². The quantitative estimate of drug-likeness (QED) is 0.524. The van der Waals surface area contributed by atoms with E-state index in [1.54, 1.807) is 11.3 Å². The summed E-state index contributed by atoms with van der Waals surface area (Å²) in [5, 5.41) is 14.4. The van der Waals surface area contributed by atoms with Crippen LogP contribution in [0.3, 0.4) is 0 Å².